The van der Waals surface area contributed by atoms with Crippen molar-refractivity contribution < 1.29 is 9.53 Å². The number of rotatable bonds is 5. The third kappa shape index (κ3) is 5.04. The van der Waals surface area contributed by atoms with E-state index in [2.05, 4.69) is 54.6 Å². The lowest BCUT2D eigenvalue weighted by molar-refractivity contribution is -0.143. The van der Waals surface area contributed by atoms with Crippen LogP contribution in [0.5, 0.6) is 0 Å². The summed E-state index contributed by atoms with van der Waals surface area (Å²) in [7, 11) is 0. The molecule has 1 atom stereocenters. The van der Waals surface area contributed by atoms with Crippen molar-refractivity contribution in [2.75, 3.05) is 0 Å². The molecule has 6 nitrogen and oxygen atoms in total. The van der Waals surface area contributed by atoms with Crippen LogP contribution in [0.3, 0.4) is 0 Å². The largest absolute Gasteiger partial charge is 0.459 e. The standard InChI is InChI=1S/C31H30ClN3O3S/c1-17(2)38-30(37)27-20(5)33-31-35(28(27)22-10-12-24(32)13-11-22)29(36)26(39-31)16-23-15-19(4)34(21(23)6)25-9-7-8-18(3)14-25/h7-17,28H,1-6H3/b26-16+/t28-/m0/s1. The average Bonchev–Trinajstić information content (AvgIpc) is 3.32. The number of halogens is 1. The van der Waals surface area contributed by atoms with Crippen molar-refractivity contribution in [3.8, 4) is 5.69 Å². The fourth-order valence-electron chi connectivity index (χ4n) is 5.06. The van der Waals surface area contributed by atoms with Crippen molar-refractivity contribution in [1.29, 1.82) is 0 Å². The monoisotopic (exact) mass is 559 g/mol. The SMILES string of the molecule is CC1=C(C(=O)OC(C)C)[C@H](c2ccc(Cl)cc2)n2c(s/c(=C/c3cc(C)n(-c4cccc(C)c4)c3C)c2=O)=N1. The molecule has 2 aromatic carbocycles. The van der Waals surface area contributed by atoms with Gasteiger partial charge in [0.1, 0.15) is 0 Å². The molecule has 0 amide bonds. The minimum atomic E-state index is -0.674. The maximum absolute atomic E-state index is 14.0. The first-order valence-electron chi connectivity index (χ1n) is 12.8. The number of carbonyl (C=O) groups excluding carboxylic acids is 1. The van der Waals surface area contributed by atoms with Crippen LogP contribution in [0.25, 0.3) is 11.8 Å². The molecular formula is C31H30ClN3O3S. The zero-order valence-corrected chi connectivity index (χ0v) is 24.4. The predicted molar refractivity (Wildman–Crippen MR) is 156 cm³/mol. The zero-order chi connectivity index (χ0) is 28.0. The predicted octanol–water partition coefficient (Wildman–Crippen LogP) is 5.56. The van der Waals surface area contributed by atoms with E-state index in [4.69, 9.17) is 16.3 Å². The zero-order valence-electron chi connectivity index (χ0n) is 22.8. The van der Waals surface area contributed by atoms with E-state index in [1.165, 1.54) is 16.9 Å². The van der Waals surface area contributed by atoms with Crippen LogP contribution in [0, 0.1) is 20.8 Å². The van der Waals surface area contributed by atoms with E-state index in [0.29, 0.717) is 25.6 Å². The molecule has 0 saturated carbocycles. The second-order valence-corrected chi connectivity index (χ2v) is 11.5. The lowest BCUT2D eigenvalue weighted by Crippen LogP contribution is -2.40. The Morgan fingerprint density at radius 2 is 1.79 bits per heavy atom. The summed E-state index contributed by atoms with van der Waals surface area (Å²) in [5.41, 5.74) is 6.76. The van der Waals surface area contributed by atoms with E-state index in [0.717, 1.165) is 28.2 Å². The first kappa shape index (κ1) is 26.9. The molecule has 1 aliphatic heterocycles. The van der Waals surface area contributed by atoms with Gasteiger partial charge in [-0.25, -0.2) is 9.79 Å². The summed E-state index contributed by atoms with van der Waals surface area (Å²) in [6.45, 7) is 11.6. The van der Waals surface area contributed by atoms with Crippen LogP contribution in [0.4, 0.5) is 0 Å². The van der Waals surface area contributed by atoms with E-state index in [9.17, 15) is 9.59 Å². The molecule has 0 aliphatic carbocycles. The van der Waals surface area contributed by atoms with Crippen LogP contribution in [-0.2, 0) is 9.53 Å². The van der Waals surface area contributed by atoms with Gasteiger partial charge in [-0.3, -0.25) is 9.36 Å². The van der Waals surface area contributed by atoms with E-state index in [-0.39, 0.29) is 11.7 Å². The Hall–Kier alpha value is -3.68. The van der Waals surface area contributed by atoms with Crippen LogP contribution >= 0.6 is 22.9 Å². The highest BCUT2D eigenvalue weighted by Crippen LogP contribution is 2.31. The summed E-state index contributed by atoms with van der Waals surface area (Å²) in [5.74, 6) is -0.484. The highest BCUT2D eigenvalue weighted by molar-refractivity contribution is 7.07. The van der Waals surface area contributed by atoms with Gasteiger partial charge in [0, 0.05) is 22.1 Å². The molecule has 0 saturated heterocycles. The van der Waals surface area contributed by atoms with Crippen molar-refractivity contribution in [3.05, 3.63) is 119 Å². The van der Waals surface area contributed by atoms with Crippen LogP contribution in [0.1, 0.15) is 54.9 Å². The Bertz CT molecular complexity index is 1810. The lowest BCUT2D eigenvalue weighted by atomic mass is 9.96. The van der Waals surface area contributed by atoms with Gasteiger partial charge in [-0.15, -0.1) is 0 Å². The van der Waals surface area contributed by atoms with Crippen LogP contribution < -0.4 is 14.9 Å². The molecule has 0 radical (unpaired) electrons. The summed E-state index contributed by atoms with van der Waals surface area (Å²) in [6, 6.07) is 16.9. The number of esters is 1. The van der Waals surface area contributed by atoms with Gasteiger partial charge < -0.3 is 9.30 Å². The number of carbonyl (C=O) groups is 1. The molecule has 200 valence electrons. The van der Waals surface area contributed by atoms with Crippen molar-refractivity contribution in [2.24, 2.45) is 4.99 Å². The maximum atomic E-state index is 14.0. The number of allylic oxidation sites excluding steroid dienone is 1. The normalized spacial score (nSPS) is 15.5. The number of fused-ring (bicyclic) bond motifs is 1. The Morgan fingerprint density at radius 3 is 2.46 bits per heavy atom. The fourth-order valence-corrected chi connectivity index (χ4v) is 6.22. The third-order valence-corrected chi connectivity index (χ3v) is 8.02. The third-order valence-electron chi connectivity index (χ3n) is 6.79. The van der Waals surface area contributed by atoms with Gasteiger partial charge in [-0.2, -0.15) is 0 Å². The van der Waals surface area contributed by atoms with Crippen LogP contribution in [0.15, 0.2) is 75.7 Å². The quantitative estimate of drug-likeness (QED) is 0.301. The van der Waals surface area contributed by atoms with Gasteiger partial charge in [0.25, 0.3) is 5.56 Å². The number of benzene rings is 2. The number of hydrogen-bond donors (Lipinski definition) is 0. The number of ether oxygens (including phenoxy) is 1. The number of aryl methyl sites for hydroxylation is 2. The van der Waals surface area contributed by atoms with Gasteiger partial charge in [0.2, 0.25) is 0 Å². The van der Waals surface area contributed by atoms with E-state index >= 15 is 0 Å². The molecule has 3 heterocycles. The molecule has 2 aromatic heterocycles. The topological polar surface area (TPSA) is 65.6 Å². The van der Waals surface area contributed by atoms with Crippen molar-refractivity contribution in [1.82, 2.24) is 9.13 Å². The summed E-state index contributed by atoms with van der Waals surface area (Å²) in [6.07, 6.45) is 1.61. The second kappa shape index (κ2) is 10.5. The minimum Gasteiger partial charge on any atom is -0.459 e. The smallest absolute Gasteiger partial charge is 0.338 e. The first-order chi connectivity index (χ1) is 18.5. The molecule has 0 unspecified atom stereocenters. The Kier molecular flexibility index (Phi) is 7.23. The molecule has 8 heteroatoms. The summed E-state index contributed by atoms with van der Waals surface area (Å²) >= 11 is 7.48. The van der Waals surface area contributed by atoms with Gasteiger partial charge in [0.15, 0.2) is 4.80 Å². The van der Waals surface area contributed by atoms with Gasteiger partial charge in [0.05, 0.1) is 27.9 Å². The Balaban J connectivity index is 1.69. The van der Waals surface area contributed by atoms with Crippen molar-refractivity contribution >= 4 is 35.0 Å². The van der Waals surface area contributed by atoms with Gasteiger partial charge >= 0.3 is 5.97 Å². The summed E-state index contributed by atoms with van der Waals surface area (Å²) < 4.78 is 9.91. The van der Waals surface area contributed by atoms with Gasteiger partial charge in [-0.05, 0) is 94.6 Å². The van der Waals surface area contributed by atoms with Crippen LogP contribution in [0.2, 0.25) is 5.02 Å². The first-order valence-corrected chi connectivity index (χ1v) is 14.0. The van der Waals surface area contributed by atoms with Crippen molar-refractivity contribution in [2.45, 2.75) is 53.7 Å². The average molecular weight is 560 g/mol. The summed E-state index contributed by atoms with van der Waals surface area (Å²) in [5, 5.41) is 0.571. The molecule has 1 aliphatic rings. The fraction of sp³-hybridized carbons (Fsp3) is 0.258. The van der Waals surface area contributed by atoms with E-state index in [1.807, 2.05) is 24.3 Å². The van der Waals surface area contributed by atoms with E-state index < -0.39 is 12.0 Å². The Labute approximate surface area is 236 Å². The number of nitrogens with zero attached hydrogens (tertiary/aromatic N) is 3. The molecule has 39 heavy (non-hydrogen) atoms. The molecule has 0 bridgehead atoms. The number of aromatic nitrogens is 2. The molecule has 5 rings (SSSR count). The summed E-state index contributed by atoms with van der Waals surface area (Å²) in [4.78, 5) is 32.4. The van der Waals surface area contributed by atoms with Crippen molar-refractivity contribution in [3.63, 3.8) is 0 Å². The number of hydrogen-bond acceptors (Lipinski definition) is 5. The lowest BCUT2D eigenvalue weighted by Gasteiger charge is -2.25. The Morgan fingerprint density at radius 1 is 1.08 bits per heavy atom. The number of thiazole rings is 1. The molecular weight excluding hydrogens is 530 g/mol. The van der Waals surface area contributed by atoms with Gasteiger partial charge in [-0.1, -0.05) is 47.2 Å². The van der Waals surface area contributed by atoms with E-state index in [1.54, 1.807) is 37.5 Å². The highest BCUT2D eigenvalue weighted by Gasteiger charge is 2.33. The molecule has 0 fully saturated rings. The highest BCUT2D eigenvalue weighted by atomic mass is 35.5. The maximum Gasteiger partial charge on any atom is 0.338 e. The molecule has 0 N–H and O–H groups in total. The minimum absolute atomic E-state index is 0.207. The second-order valence-electron chi connectivity index (χ2n) is 10.1. The van der Waals surface area contributed by atoms with Crippen LogP contribution in [-0.4, -0.2) is 21.2 Å². The molecule has 4 aromatic rings. The molecule has 0 spiro atoms.